The van der Waals surface area contributed by atoms with Crippen molar-refractivity contribution in [1.82, 2.24) is 25.1 Å². The zero-order valence-corrected chi connectivity index (χ0v) is 16.4. The largest absolute Gasteiger partial charge is 0.497 e. The number of piperazine rings is 1. The Labute approximate surface area is 171 Å². The number of aromatic nitrogens is 4. The average Bonchev–Trinajstić information content (AvgIpc) is 3.22. The molecule has 0 amide bonds. The summed E-state index contributed by atoms with van der Waals surface area (Å²) < 4.78 is 45.1. The lowest BCUT2D eigenvalue weighted by atomic mass is 10.2. The Kier molecular flexibility index (Phi) is 5.58. The monoisotopic (exact) mass is 418 g/mol. The number of halogens is 3. The third kappa shape index (κ3) is 4.38. The second-order valence-electron chi connectivity index (χ2n) is 7.02. The Morgan fingerprint density at radius 2 is 1.70 bits per heavy atom. The minimum atomic E-state index is -4.37. The standard InChI is InChI=1S/C20H21F3N6O/c1-30-18-4-2-3-17(13-18)28-11-9-27(10-12-28)14-19-24-25-26-29(19)16-7-5-15(6-8-16)20(21,22)23/h2-8,13H,9-12,14H2,1H3. The molecule has 1 aliphatic heterocycles. The highest BCUT2D eigenvalue weighted by atomic mass is 19.4. The highest BCUT2D eigenvalue weighted by molar-refractivity contribution is 5.51. The van der Waals surface area contributed by atoms with Crippen molar-refractivity contribution in [3.8, 4) is 11.4 Å². The molecule has 2 heterocycles. The van der Waals surface area contributed by atoms with Gasteiger partial charge in [0, 0.05) is 37.9 Å². The van der Waals surface area contributed by atoms with E-state index < -0.39 is 11.7 Å². The van der Waals surface area contributed by atoms with E-state index in [0.29, 0.717) is 18.1 Å². The summed E-state index contributed by atoms with van der Waals surface area (Å²) in [4.78, 5) is 4.51. The van der Waals surface area contributed by atoms with Crippen molar-refractivity contribution in [1.29, 1.82) is 0 Å². The molecule has 0 aliphatic carbocycles. The molecule has 7 nitrogen and oxygen atoms in total. The first kappa shape index (κ1) is 20.1. The fourth-order valence-electron chi connectivity index (χ4n) is 3.47. The maximum atomic E-state index is 12.8. The van der Waals surface area contributed by atoms with Gasteiger partial charge in [-0.05, 0) is 46.8 Å². The van der Waals surface area contributed by atoms with Crippen LogP contribution in [0.4, 0.5) is 18.9 Å². The SMILES string of the molecule is COc1cccc(N2CCN(Cc3nnnn3-c3ccc(C(F)(F)F)cc3)CC2)c1. The second-order valence-corrected chi connectivity index (χ2v) is 7.02. The van der Waals surface area contributed by atoms with Gasteiger partial charge in [-0.15, -0.1) is 5.10 Å². The van der Waals surface area contributed by atoms with E-state index in [1.165, 1.54) is 16.8 Å². The summed E-state index contributed by atoms with van der Waals surface area (Å²) >= 11 is 0. The maximum Gasteiger partial charge on any atom is 0.416 e. The smallest absolute Gasteiger partial charge is 0.416 e. The molecule has 10 heteroatoms. The van der Waals surface area contributed by atoms with Crippen molar-refractivity contribution >= 4 is 5.69 Å². The third-order valence-electron chi connectivity index (χ3n) is 5.13. The number of tetrazole rings is 1. The molecular weight excluding hydrogens is 397 g/mol. The van der Waals surface area contributed by atoms with E-state index in [0.717, 1.165) is 49.7 Å². The summed E-state index contributed by atoms with van der Waals surface area (Å²) in [6.07, 6.45) is -4.37. The normalized spacial score (nSPS) is 15.4. The fourth-order valence-corrected chi connectivity index (χ4v) is 3.47. The minimum absolute atomic E-state index is 0.498. The number of alkyl halides is 3. The van der Waals surface area contributed by atoms with Crippen LogP contribution in [0.3, 0.4) is 0 Å². The summed E-state index contributed by atoms with van der Waals surface area (Å²) in [6.45, 7) is 3.83. The molecule has 2 aromatic carbocycles. The molecule has 0 radical (unpaired) electrons. The number of anilines is 1. The van der Waals surface area contributed by atoms with Crippen LogP contribution >= 0.6 is 0 Å². The first-order valence-electron chi connectivity index (χ1n) is 9.50. The summed E-state index contributed by atoms with van der Waals surface area (Å²) in [6, 6.07) is 12.8. The Balaban J connectivity index is 1.40. The van der Waals surface area contributed by atoms with Gasteiger partial charge >= 0.3 is 6.18 Å². The van der Waals surface area contributed by atoms with Gasteiger partial charge in [0.05, 0.1) is 24.9 Å². The lowest BCUT2D eigenvalue weighted by Gasteiger charge is -2.35. The molecule has 30 heavy (non-hydrogen) atoms. The molecular formula is C20H21F3N6O. The van der Waals surface area contributed by atoms with Crippen molar-refractivity contribution in [2.45, 2.75) is 12.7 Å². The van der Waals surface area contributed by atoms with Crippen LogP contribution in [-0.4, -0.2) is 58.4 Å². The molecule has 4 rings (SSSR count). The van der Waals surface area contributed by atoms with Crippen molar-refractivity contribution in [3.05, 3.63) is 59.9 Å². The lowest BCUT2D eigenvalue weighted by Crippen LogP contribution is -2.46. The van der Waals surface area contributed by atoms with Gasteiger partial charge in [0.1, 0.15) is 5.75 Å². The van der Waals surface area contributed by atoms with E-state index in [9.17, 15) is 13.2 Å². The van der Waals surface area contributed by atoms with E-state index in [2.05, 4.69) is 31.4 Å². The Morgan fingerprint density at radius 3 is 2.37 bits per heavy atom. The molecule has 0 saturated carbocycles. The van der Waals surface area contributed by atoms with Crippen LogP contribution < -0.4 is 9.64 Å². The van der Waals surface area contributed by atoms with Crippen LogP contribution in [0.5, 0.6) is 5.75 Å². The number of nitrogens with zero attached hydrogens (tertiary/aromatic N) is 6. The third-order valence-corrected chi connectivity index (χ3v) is 5.13. The molecule has 1 aromatic heterocycles. The van der Waals surface area contributed by atoms with E-state index in [1.807, 2.05) is 18.2 Å². The molecule has 3 aromatic rings. The summed E-state index contributed by atoms with van der Waals surface area (Å²) in [5.41, 5.74) is 0.913. The molecule has 1 aliphatic rings. The summed E-state index contributed by atoms with van der Waals surface area (Å²) in [7, 11) is 1.65. The van der Waals surface area contributed by atoms with Crippen LogP contribution in [0.25, 0.3) is 5.69 Å². The topological polar surface area (TPSA) is 59.3 Å². The second kappa shape index (κ2) is 8.31. The molecule has 0 bridgehead atoms. The lowest BCUT2D eigenvalue weighted by molar-refractivity contribution is -0.137. The van der Waals surface area contributed by atoms with E-state index in [1.54, 1.807) is 7.11 Å². The molecule has 0 atom stereocenters. The van der Waals surface area contributed by atoms with Gasteiger partial charge in [0.15, 0.2) is 5.82 Å². The first-order valence-corrected chi connectivity index (χ1v) is 9.50. The molecule has 0 N–H and O–H groups in total. The Hall–Kier alpha value is -3.14. The number of rotatable bonds is 5. The Bertz CT molecular complexity index is 981. The number of hydrogen-bond donors (Lipinski definition) is 0. The number of ether oxygens (including phenoxy) is 1. The maximum absolute atomic E-state index is 12.8. The number of hydrogen-bond acceptors (Lipinski definition) is 6. The molecule has 0 spiro atoms. The van der Waals surface area contributed by atoms with E-state index >= 15 is 0 Å². The molecule has 1 fully saturated rings. The molecule has 0 unspecified atom stereocenters. The fraction of sp³-hybridized carbons (Fsp3) is 0.350. The van der Waals surface area contributed by atoms with Gasteiger partial charge in [-0.3, -0.25) is 4.90 Å². The van der Waals surface area contributed by atoms with Gasteiger partial charge in [0.2, 0.25) is 0 Å². The van der Waals surface area contributed by atoms with Gasteiger partial charge < -0.3 is 9.64 Å². The van der Waals surface area contributed by atoms with E-state index in [-0.39, 0.29) is 0 Å². The van der Waals surface area contributed by atoms with Crippen LogP contribution in [-0.2, 0) is 12.7 Å². The number of benzene rings is 2. The first-order chi connectivity index (χ1) is 14.4. The van der Waals surface area contributed by atoms with Crippen molar-refractivity contribution in [2.75, 3.05) is 38.2 Å². The van der Waals surface area contributed by atoms with Crippen molar-refractivity contribution in [2.24, 2.45) is 0 Å². The van der Waals surface area contributed by atoms with Gasteiger partial charge in [-0.2, -0.15) is 17.9 Å². The quantitative estimate of drug-likeness (QED) is 0.635. The minimum Gasteiger partial charge on any atom is -0.497 e. The zero-order chi connectivity index (χ0) is 21.1. The van der Waals surface area contributed by atoms with Crippen LogP contribution in [0.15, 0.2) is 48.5 Å². The van der Waals surface area contributed by atoms with Crippen molar-refractivity contribution < 1.29 is 17.9 Å². The molecule has 158 valence electrons. The highest BCUT2D eigenvalue weighted by Crippen LogP contribution is 2.29. The summed E-state index contributed by atoms with van der Waals surface area (Å²) in [5.74, 6) is 1.41. The predicted molar refractivity (Wildman–Crippen MR) is 105 cm³/mol. The number of methoxy groups -OCH3 is 1. The van der Waals surface area contributed by atoms with Gasteiger partial charge in [0.25, 0.3) is 0 Å². The zero-order valence-electron chi connectivity index (χ0n) is 16.4. The van der Waals surface area contributed by atoms with Gasteiger partial charge in [-0.25, -0.2) is 0 Å². The van der Waals surface area contributed by atoms with Crippen molar-refractivity contribution in [3.63, 3.8) is 0 Å². The van der Waals surface area contributed by atoms with Crippen LogP contribution in [0.1, 0.15) is 11.4 Å². The van der Waals surface area contributed by atoms with E-state index in [4.69, 9.17) is 4.74 Å². The Morgan fingerprint density at radius 1 is 0.967 bits per heavy atom. The van der Waals surface area contributed by atoms with Crippen LogP contribution in [0, 0.1) is 0 Å². The highest BCUT2D eigenvalue weighted by Gasteiger charge is 2.30. The molecule has 1 saturated heterocycles. The summed E-state index contributed by atoms with van der Waals surface area (Å²) in [5, 5.41) is 11.7. The van der Waals surface area contributed by atoms with Gasteiger partial charge in [-0.1, -0.05) is 6.07 Å². The van der Waals surface area contributed by atoms with Crippen LogP contribution in [0.2, 0.25) is 0 Å². The average molecular weight is 418 g/mol. The predicted octanol–water partition coefficient (Wildman–Crippen LogP) is 3.01.